The van der Waals surface area contributed by atoms with Crippen LogP contribution < -0.4 is 4.74 Å². The van der Waals surface area contributed by atoms with Gasteiger partial charge in [0.2, 0.25) is 5.06 Å². The van der Waals surface area contributed by atoms with E-state index in [2.05, 4.69) is 4.37 Å². The molecule has 3 nitrogen and oxygen atoms in total. The highest BCUT2D eigenvalue weighted by atomic mass is 32.1. The van der Waals surface area contributed by atoms with Crippen molar-refractivity contribution in [1.82, 2.24) is 4.37 Å². The first-order chi connectivity index (χ1) is 6.59. The Morgan fingerprint density at radius 2 is 2.14 bits per heavy atom. The number of nitrogens with zero attached hydrogens (tertiary/aromatic N) is 1. The maximum absolute atomic E-state index is 10.5. The van der Waals surface area contributed by atoms with E-state index in [1.807, 2.05) is 13.8 Å². The number of aromatic nitrogens is 1. The Morgan fingerprint density at radius 1 is 1.57 bits per heavy atom. The Labute approximate surface area is 90.8 Å². The predicted molar refractivity (Wildman–Crippen MR) is 59.0 cm³/mol. The van der Waals surface area contributed by atoms with Gasteiger partial charge in [-0.25, -0.2) is 0 Å². The summed E-state index contributed by atoms with van der Waals surface area (Å²) in [7, 11) is 10.7. The first-order valence-electron chi connectivity index (χ1n) is 4.26. The van der Waals surface area contributed by atoms with E-state index in [-0.39, 0.29) is 5.97 Å². The third kappa shape index (κ3) is 4.46. The number of hydrogen-bond acceptors (Lipinski definition) is 4. The van der Waals surface area contributed by atoms with Crippen LogP contribution in [0, 0.1) is 0 Å². The van der Waals surface area contributed by atoms with E-state index in [0.717, 1.165) is 11.5 Å². The Bertz CT molecular complexity index is 289. The first-order valence-corrected chi connectivity index (χ1v) is 5.03. The lowest BCUT2D eigenvalue weighted by Crippen LogP contribution is -1.99. The van der Waals surface area contributed by atoms with Gasteiger partial charge < -0.3 is 4.74 Å². The largest absolute Gasteiger partial charge is 0.414 e. The average Bonchev–Trinajstić information content (AvgIpc) is 2.55. The molecule has 0 fully saturated rings. The molecule has 1 heterocycles. The van der Waals surface area contributed by atoms with Crippen LogP contribution in [0.2, 0.25) is 0 Å². The van der Waals surface area contributed by atoms with E-state index in [1.165, 1.54) is 6.92 Å². The van der Waals surface area contributed by atoms with Gasteiger partial charge in [0.25, 0.3) is 0 Å². The third-order valence-electron chi connectivity index (χ3n) is 1.09. The van der Waals surface area contributed by atoms with Crippen LogP contribution in [0.15, 0.2) is 6.07 Å². The van der Waals surface area contributed by atoms with Crippen molar-refractivity contribution in [3.63, 3.8) is 0 Å². The zero-order chi connectivity index (χ0) is 11.1. The minimum atomic E-state index is -0.620. The van der Waals surface area contributed by atoms with Crippen LogP contribution in [-0.4, -0.2) is 26.0 Å². The lowest BCUT2D eigenvalue weighted by molar-refractivity contribution is -0.131. The Kier molecular flexibility index (Phi) is 6.28. The predicted octanol–water partition coefficient (Wildman–Crippen LogP) is 1.43. The monoisotopic (exact) mass is 207 g/mol. The maximum Gasteiger partial charge on any atom is 0.308 e. The molecule has 0 aromatic carbocycles. The van der Waals surface area contributed by atoms with Crippen LogP contribution in [0.1, 0.15) is 32.2 Å². The van der Waals surface area contributed by atoms with Crippen molar-refractivity contribution in [1.29, 1.82) is 0 Å². The quantitative estimate of drug-likeness (QED) is 0.543. The molecule has 0 atom stereocenters. The van der Waals surface area contributed by atoms with Crippen molar-refractivity contribution in [2.75, 3.05) is 0 Å². The number of carbonyl (C=O) groups excluding carboxylic acids is 1. The molecule has 0 amide bonds. The van der Waals surface area contributed by atoms with Crippen molar-refractivity contribution in [3.8, 4) is 5.06 Å². The number of hydrogen-bond donors (Lipinski definition) is 0. The van der Waals surface area contributed by atoms with Crippen LogP contribution in [0.25, 0.3) is 0 Å². The Balaban J connectivity index is 0.000000791. The molecular formula is C8H11B2NO2S. The van der Waals surface area contributed by atoms with E-state index in [4.69, 9.17) is 20.4 Å². The van der Waals surface area contributed by atoms with Gasteiger partial charge in [0.15, 0.2) is 0 Å². The van der Waals surface area contributed by atoms with Gasteiger partial charge in [-0.15, -0.1) is 0 Å². The second-order valence-electron chi connectivity index (χ2n) is 2.19. The summed E-state index contributed by atoms with van der Waals surface area (Å²) in [4.78, 5) is 10.5. The summed E-state index contributed by atoms with van der Waals surface area (Å²) in [5, 5.41) is 0.415. The van der Waals surface area contributed by atoms with Gasteiger partial charge in [-0.1, -0.05) is 19.6 Å². The fourth-order valence-corrected chi connectivity index (χ4v) is 1.32. The van der Waals surface area contributed by atoms with Crippen molar-refractivity contribution in [3.05, 3.63) is 11.8 Å². The summed E-state index contributed by atoms with van der Waals surface area (Å²) < 4.78 is 8.63. The molecule has 1 aromatic heterocycles. The van der Waals surface area contributed by atoms with Crippen molar-refractivity contribution in [2.45, 2.75) is 26.5 Å². The van der Waals surface area contributed by atoms with Crippen LogP contribution in [-0.2, 0) is 4.79 Å². The lowest BCUT2D eigenvalue weighted by atomic mass is 9.69. The third-order valence-corrected chi connectivity index (χ3v) is 1.78. The van der Waals surface area contributed by atoms with Crippen molar-refractivity contribution in [2.24, 2.45) is 0 Å². The molecule has 0 saturated heterocycles. The van der Waals surface area contributed by atoms with E-state index in [1.54, 1.807) is 6.07 Å². The molecule has 0 spiro atoms. The van der Waals surface area contributed by atoms with Crippen LogP contribution in [0.4, 0.5) is 0 Å². The number of carbonyl (C=O) groups is 1. The molecule has 4 radical (unpaired) electrons. The highest BCUT2D eigenvalue weighted by molar-refractivity contribution is 7.07. The number of esters is 1. The molecule has 1 aromatic rings. The van der Waals surface area contributed by atoms with Gasteiger partial charge in [-0.3, -0.25) is 4.79 Å². The fraction of sp³-hybridized carbons (Fsp3) is 0.500. The highest BCUT2D eigenvalue weighted by Gasteiger charge is 2.06. The first kappa shape index (κ1) is 13.2. The summed E-state index contributed by atoms with van der Waals surface area (Å²) in [6, 6.07) is 1.55. The molecule has 0 saturated carbocycles. The van der Waals surface area contributed by atoms with Gasteiger partial charge in [0, 0.05) is 30.2 Å². The summed E-state index contributed by atoms with van der Waals surface area (Å²) in [6.45, 7) is 5.32. The minimum Gasteiger partial charge on any atom is -0.414 e. The van der Waals surface area contributed by atoms with Gasteiger partial charge in [-0.05, 0) is 0 Å². The van der Waals surface area contributed by atoms with E-state index in [9.17, 15) is 4.79 Å². The summed E-state index contributed by atoms with van der Waals surface area (Å²) in [5.74, 6) is -0.379. The summed E-state index contributed by atoms with van der Waals surface area (Å²) in [6.07, 6.45) is 0. The fourth-order valence-electron chi connectivity index (χ4n) is 0.618. The molecule has 14 heavy (non-hydrogen) atoms. The molecule has 6 heteroatoms. The summed E-state index contributed by atoms with van der Waals surface area (Å²) in [5.41, 5.74) is -0.0955. The standard InChI is InChI=1S/C6H5B2NO2S.C2H6/c1-3(10)11-5-2-4(6(7)8)9-12-5;1-2/h2,6H,1H3;1-2H3. The topological polar surface area (TPSA) is 39.2 Å². The zero-order valence-corrected chi connectivity index (χ0v) is 9.30. The molecule has 0 N–H and O–H groups in total. The lowest BCUT2D eigenvalue weighted by Gasteiger charge is -1.96. The normalized spacial score (nSPS) is 9.14. The zero-order valence-electron chi connectivity index (χ0n) is 8.48. The van der Waals surface area contributed by atoms with Gasteiger partial charge >= 0.3 is 5.97 Å². The summed E-state index contributed by atoms with van der Waals surface area (Å²) >= 11 is 1.05. The van der Waals surface area contributed by atoms with Gasteiger partial charge in [-0.2, -0.15) is 4.37 Å². The average molecular weight is 207 g/mol. The van der Waals surface area contributed by atoms with E-state index in [0.29, 0.717) is 10.8 Å². The highest BCUT2D eigenvalue weighted by Crippen LogP contribution is 2.21. The van der Waals surface area contributed by atoms with Crippen molar-refractivity contribution >= 4 is 33.2 Å². The molecule has 1 rings (SSSR count). The SMILES string of the molecule is CC.[B]C([B])c1cc(OC(C)=O)sn1. The smallest absolute Gasteiger partial charge is 0.308 e. The Hall–Kier alpha value is -0.770. The van der Waals surface area contributed by atoms with Crippen LogP contribution >= 0.6 is 11.5 Å². The van der Waals surface area contributed by atoms with E-state index >= 15 is 0 Å². The van der Waals surface area contributed by atoms with Crippen LogP contribution in [0.5, 0.6) is 5.06 Å². The maximum atomic E-state index is 10.5. The molecule has 0 unspecified atom stereocenters. The van der Waals surface area contributed by atoms with Crippen molar-refractivity contribution < 1.29 is 9.53 Å². The van der Waals surface area contributed by atoms with E-state index < -0.39 is 5.72 Å². The second-order valence-corrected chi connectivity index (χ2v) is 2.96. The van der Waals surface area contributed by atoms with Crippen LogP contribution in [0.3, 0.4) is 0 Å². The molecule has 0 aliphatic carbocycles. The molecule has 0 aliphatic rings. The Morgan fingerprint density at radius 3 is 2.50 bits per heavy atom. The number of ether oxygens (including phenoxy) is 1. The molecule has 0 aliphatic heterocycles. The molecular weight excluding hydrogens is 196 g/mol. The minimum absolute atomic E-state index is 0.379. The number of rotatable bonds is 2. The van der Waals surface area contributed by atoms with Gasteiger partial charge in [0.05, 0.1) is 15.7 Å². The second kappa shape index (κ2) is 6.65. The molecule has 0 bridgehead atoms. The van der Waals surface area contributed by atoms with Gasteiger partial charge in [0.1, 0.15) is 0 Å². The molecule has 72 valence electrons.